The number of sulfone groups is 1. The van der Waals surface area contributed by atoms with E-state index in [0.29, 0.717) is 6.42 Å². The molecule has 2 rings (SSSR count). The molecule has 3 unspecified atom stereocenters. The number of rotatable bonds is 3. The van der Waals surface area contributed by atoms with Gasteiger partial charge in [0, 0.05) is 32.2 Å². The average Bonchev–Trinajstić information content (AvgIpc) is 2.79. The Morgan fingerprint density at radius 2 is 2.00 bits per heavy atom. The Morgan fingerprint density at radius 3 is 2.50 bits per heavy atom. The number of carbonyl (C=O) groups excluding carboxylic acids is 1. The number of nitrogens with zero attached hydrogens (tertiary/aromatic N) is 2. The Bertz CT molecular complexity index is 532. The summed E-state index contributed by atoms with van der Waals surface area (Å²) in [6, 6.07) is -0.260. The van der Waals surface area contributed by atoms with Crippen molar-refractivity contribution in [2.45, 2.75) is 51.7 Å². The Balaban J connectivity index is 2.00. The van der Waals surface area contributed by atoms with Crippen LogP contribution in [0.3, 0.4) is 0 Å². The SMILES string of the molecule is CC(C(=O)N(C)C1CCS(=O)(=O)C1)N1CCC(N)C(C)(C)C1. The number of amides is 1. The number of carbonyl (C=O) groups is 1. The van der Waals surface area contributed by atoms with Gasteiger partial charge in [0.2, 0.25) is 5.91 Å². The van der Waals surface area contributed by atoms with Gasteiger partial charge in [-0.25, -0.2) is 8.42 Å². The number of hydrogen-bond donors (Lipinski definition) is 1. The van der Waals surface area contributed by atoms with Crippen molar-refractivity contribution in [3.8, 4) is 0 Å². The van der Waals surface area contributed by atoms with Gasteiger partial charge < -0.3 is 10.6 Å². The molecule has 0 aromatic carbocycles. The minimum Gasteiger partial charge on any atom is -0.340 e. The molecular formula is C15H29N3O3S. The van der Waals surface area contributed by atoms with Crippen molar-refractivity contribution < 1.29 is 13.2 Å². The fourth-order valence-corrected chi connectivity index (χ4v) is 5.23. The summed E-state index contributed by atoms with van der Waals surface area (Å²) in [7, 11) is -1.25. The molecule has 2 aliphatic rings. The molecule has 2 heterocycles. The van der Waals surface area contributed by atoms with Crippen LogP contribution < -0.4 is 5.73 Å². The molecule has 22 heavy (non-hydrogen) atoms. The van der Waals surface area contributed by atoms with E-state index in [1.165, 1.54) is 0 Å². The van der Waals surface area contributed by atoms with Gasteiger partial charge in [0.25, 0.3) is 0 Å². The van der Waals surface area contributed by atoms with Crippen LogP contribution in [0.15, 0.2) is 0 Å². The average molecular weight is 331 g/mol. The molecule has 0 aliphatic carbocycles. The van der Waals surface area contributed by atoms with Crippen molar-refractivity contribution in [1.82, 2.24) is 9.80 Å². The first-order chi connectivity index (χ1) is 10.0. The molecule has 2 fully saturated rings. The van der Waals surface area contributed by atoms with Gasteiger partial charge in [-0.15, -0.1) is 0 Å². The highest BCUT2D eigenvalue weighted by Gasteiger charge is 2.39. The van der Waals surface area contributed by atoms with E-state index >= 15 is 0 Å². The van der Waals surface area contributed by atoms with Crippen molar-refractivity contribution in [3.05, 3.63) is 0 Å². The summed E-state index contributed by atoms with van der Waals surface area (Å²) < 4.78 is 23.2. The first-order valence-electron chi connectivity index (χ1n) is 8.00. The van der Waals surface area contributed by atoms with Gasteiger partial charge >= 0.3 is 0 Å². The van der Waals surface area contributed by atoms with Gasteiger partial charge in [-0.2, -0.15) is 0 Å². The fourth-order valence-electron chi connectivity index (χ4n) is 3.46. The number of likely N-dealkylation sites (tertiary alicyclic amines) is 1. The van der Waals surface area contributed by atoms with Crippen LogP contribution in [0.2, 0.25) is 0 Å². The maximum absolute atomic E-state index is 12.7. The fraction of sp³-hybridized carbons (Fsp3) is 0.933. The topological polar surface area (TPSA) is 83.7 Å². The van der Waals surface area contributed by atoms with Gasteiger partial charge in [-0.05, 0) is 25.2 Å². The minimum atomic E-state index is -2.97. The zero-order valence-corrected chi connectivity index (χ0v) is 14.9. The van der Waals surface area contributed by atoms with Gasteiger partial charge in [0.1, 0.15) is 0 Å². The quantitative estimate of drug-likeness (QED) is 0.792. The Labute approximate surface area is 133 Å². The van der Waals surface area contributed by atoms with Crippen molar-refractivity contribution in [2.24, 2.45) is 11.1 Å². The minimum absolute atomic E-state index is 0.00775. The second kappa shape index (κ2) is 6.09. The molecule has 7 heteroatoms. The van der Waals surface area contributed by atoms with Crippen LogP contribution >= 0.6 is 0 Å². The monoisotopic (exact) mass is 331 g/mol. The zero-order valence-electron chi connectivity index (χ0n) is 14.1. The normalized spacial score (nSPS) is 32.6. The van der Waals surface area contributed by atoms with Crippen molar-refractivity contribution in [3.63, 3.8) is 0 Å². The molecular weight excluding hydrogens is 302 g/mol. The number of piperidine rings is 1. The largest absolute Gasteiger partial charge is 0.340 e. The molecule has 2 N–H and O–H groups in total. The van der Waals surface area contributed by atoms with Crippen LogP contribution in [0.25, 0.3) is 0 Å². The molecule has 0 spiro atoms. The Hall–Kier alpha value is -0.660. The maximum atomic E-state index is 12.7. The van der Waals surface area contributed by atoms with Crippen LogP contribution in [0.1, 0.15) is 33.6 Å². The van der Waals surface area contributed by atoms with Gasteiger partial charge in [0.15, 0.2) is 9.84 Å². The molecule has 3 atom stereocenters. The van der Waals surface area contributed by atoms with E-state index < -0.39 is 9.84 Å². The highest BCUT2D eigenvalue weighted by molar-refractivity contribution is 7.91. The van der Waals surface area contributed by atoms with E-state index in [-0.39, 0.29) is 41.0 Å². The molecule has 6 nitrogen and oxygen atoms in total. The van der Waals surface area contributed by atoms with E-state index in [0.717, 1.165) is 19.5 Å². The molecule has 0 aromatic rings. The number of likely N-dealkylation sites (N-methyl/N-ethyl adjacent to an activating group) is 1. The van der Waals surface area contributed by atoms with Crippen molar-refractivity contribution >= 4 is 15.7 Å². The molecule has 0 bridgehead atoms. The third-order valence-electron chi connectivity index (χ3n) is 5.35. The lowest BCUT2D eigenvalue weighted by Crippen LogP contribution is -2.58. The van der Waals surface area contributed by atoms with E-state index in [2.05, 4.69) is 18.7 Å². The summed E-state index contributed by atoms with van der Waals surface area (Å²) in [5.41, 5.74) is 6.14. The summed E-state index contributed by atoms with van der Waals surface area (Å²) in [6.45, 7) is 7.78. The Kier molecular flexibility index (Phi) is 4.90. The summed E-state index contributed by atoms with van der Waals surface area (Å²) in [5.74, 6) is 0.293. The van der Waals surface area contributed by atoms with Gasteiger partial charge in [0.05, 0.1) is 17.5 Å². The van der Waals surface area contributed by atoms with Crippen molar-refractivity contribution in [1.29, 1.82) is 0 Å². The van der Waals surface area contributed by atoms with Crippen LogP contribution in [0.5, 0.6) is 0 Å². The van der Waals surface area contributed by atoms with E-state index in [9.17, 15) is 13.2 Å². The second-order valence-electron chi connectivity index (χ2n) is 7.54. The Morgan fingerprint density at radius 1 is 1.36 bits per heavy atom. The highest BCUT2D eigenvalue weighted by atomic mass is 32.2. The van der Waals surface area contributed by atoms with Crippen LogP contribution in [-0.4, -0.2) is 73.9 Å². The lowest BCUT2D eigenvalue weighted by molar-refractivity contribution is -0.138. The first-order valence-corrected chi connectivity index (χ1v) is 9.82. The number of hydrogen-bond acceptors (Lipinski definition) is 5. The van der Waals surface area contributed by atoms with Gasteiger partial charge in [-0.1, -0.05) is 13.8 Å². The van der Waals surface area contributed by atoms with E-state index in [1.54, 1.807) is 11.9 Å². The van der Waals surface area contributed by atoms with E-state index in [4.69, 9.17) is 5.73 Å². The summed E-state index contributed by atoms with van der Waals surface area (Å²) in [4.78, 5) is 16.5. The molecule has 2 aliphatic heterocycles. The lowest BCUT2D eigenvalue weighted by atomic mass is 9.79. The molecule has 0 aromatic heterocycles. The predicted octanol–water partition coefficient (Wildman–Crippen LogP) is 0.0796. The third kappa shape index (κ3) is 3.63. The smallest absolute Gasteiger partial charge is 0.239 e. The second-order valence-corrected chi connectivity index (χ2v) is 9.76. The first kappa shape index (κ1) is 17.7. The molecule has 1 amide bonds. The summed E-state index contributed by atoms with van der Waals surface area (Å²) in [6.07, 6.45) is 1.43. The maximum Gasteiger partial charge on any atom is 0.239 e. The van der Waals surface area contributed by atoms with Crippen LogP contribution in [-0.2, 0) is 14.6 Å². The lowest BCUT2D eigenvalue weighted by Gasteiger charge is -2.45. The zero-order chi connectivity index (χ0) is 16.7. The van der Waals surface area contributed by atoms with Crippen molar-refractivity contribution in [2.75, 3.05) is 31.6 Å². The van der Waals surface area contributed by atoms with E-state index in [1.807, 2.05) is 6.92 Å². The summed E-state index contributed by atoms with van der Waals surface area (Å²) in [5, 5.41) is 0. The van der Waals surface area contributed by atoms with Crippen LogP contribution in [0.4, 0.5) is 0 Å². The van der Waals surface area contributed by atoms with Gasteiger partial charge in [-0.3, -0.25) is 9.69 Å². The number of nitrogens with two attached hydrogens (primary N) is 1. The molecule has 128 valence electrons. The molecule has 0 radical (unpaired) electrons. The third-order valence-corrected chi connectivity index (χ3v) is 7.10. The molecule has 0 saturated carbocycles. The molecule has 2 saturated heterocycles. The standard InChI is InChI=1S/C15H29N3O3S/c1-11(18-7-5-13(16)15(2,3)10-18)14(19)17(4)12-6-8-22(20,21)9-12/h11-13H,5-10,16H2,1-4H3. The van der Waals surface area contributed by atoms with Crippen LogP contribution in [0, 0.1) is 5.41 Å². The summed E-state index contributed by atoms with van der Waals surface area (Å²) >= 11 is 0. The highest BCUT2D eigenvalue weighted by Crippen LogP contribution is 2.29. The predicted molar refractivity (Wildman–Crippen MR) is 87.2 cm³/mol.